The van der Waals surface area contributed by atoms with Crippen LogP contribution in [0.5, 0.6) is 0 Å². The topological polar surface area (TPSA) is 0 Å². The third-order valence-electron chi connectivity index (χ3n) is 1.18. The van der Waals surface area contributed by atoms with Gasteiger partial charge in [-0.15, -0.1) is 0 Å². The average molecular weight is 162 g/mol. The van der Waals surface area contributed by atoms with Crippen molar-refractivity contribution in [3.05, 3.63) is 0 Å². The van der Waals surface area contributed by atoms with E-state index in [4.69, 9.17) is 0 Å². The molecular weight excluding hydrogens is 148 g/mol. The highest BCUT2D eigenvalue weighted by molar-refractivity contribution is 8.00. The molecule has 0 aliphatic heterocycles. The second kappa shape index (κ2) is 3.74. The minimum Gasteiger partial charge on any atom is -0.169 e. The van der Waals surface area contributed by atoms with Crippen LogP contribution in [-0.4, -0.2) is 28.3 Å². The Morgan fingerprint density at radius 2 is 2.00 bits per heavy atom. The second-order valence-corrected chi connectivity index (χ2v) is 14.1. The van der Waals surface area contributed by atoms with Crippen molar-refractivity contribution in [2.75, 3.05) is 11.6 Å². The molecule has 0 atom stereocenters. The van der Waals surface area contributed by atoms with Crippen molar-refractivity contribution in [1.29, 1.82) is 0 Å². The summed E-state index contributed by atoms with van der Waals surface area (Å²) in [4.78, 5) is 0. The van der Waals surface area contributed by atoms with E-state index < -0.39 is 7.59 Å². The summed E-state index contributed by atoms with van der Waals surface area (Å²) in [5, 5.41) is 1.43. The molecule has 0 N–H and O–H groups in total. The summed E-state index contributed by atoms with van der Waals surface area (Å²) in [5.74, 6) is 0. The minimum atomic E-state index is -0.687. The van der Waals surface area contributed by atoms with E-state index in [9.17, 15) is 0 Å². The fraction of sp³-hybridized carbons (Fsp3) is 1.00. The smallest absolute Gasteiger partial charge is 0.0463 e. The molecule has 0 unspecified atom stereocenters. The zero-order valence-electron chi connectivity index (χ0n) is 6.12. The summed E-state index contributed by atoms with van der Waals surface area (Å²) in [6.07, 6.45) is 2.20. The van der Waals surface area contributed by atoms with Crippen molar-refractivity contribution in [1.82, 2.24) is 0 Å². The Morgan fingerprint density at radius 1 is 1.50 bits per heavy atom. The summed E-state index contributed by atoms with van der Waals surface area (Å²) in [7, 11) is 0.523. The van der Waals surface area contributed by atoms with Crippen LogP contribution in [0.15, 0.2) is 0 Å². The third kappa shape index (κ3) is 3.75. The van der Waals surface area contributed by atoms with Gasteiger partial charge in [-0.25, -0.2) is 0 Å². The van der Waals surface area contributed by atoms with Gasteiger partial charge in [-0.2, -0.15) is 11.8 Å². The maximum Gasteiger partial charge on any atom is 0.0463 e. The van der Waals surface area contributed by atoms with Crippen molar-refractivity contribution in [3.8, 4) is 0 Å². The van der Waals surface area contributed by atoms with Crippen LogP contribution >= 0.6 is 11.8 Å². The molecule has 0 aliphatic carbocycles. The largest absolute Gasteiger partial charge is 0.169 e. The molecule has 0 spiro atoms. The van der Waals surface area contributed by atoms with Gasteiger partial charge in [0.1, 0.15) is 0 Å². The Labute approximate surface area is 60.1 Å². The van der Waals surface area contributed by atoms with Gasteiger partial charge in [0.05, 0.1) is 0 Å². The Bertz CT molecular complexity index is 63.4. The lowest BCUT2D eigenvalue weighted by atomic mass is 11.8. The average Bonchev–Trinajstić information content (AvgIpc) is 1.67. The van der Waals surface area contributed by atoms with Crippen LogP contribution in [-0.2, 0) is 0 Å². The van der Waals surface area contributed by atoms with Gasteiger partial charge in [0.15, 0.2) is 0 Å². The van der Waals surface area contributed by atoms with Crippen LogP contribution in [0.25, 0.3) is 0 Å². The van der Waals surface area contributed by atoms with Crippen LogP contribution in [0.4, 0.5) is 0 Å². The summed E-state index contributed by atoms with van der Waals surface area (Å²) in [5.41, 5.74) is 0. The van der Waals surface area contributed by atoms with Crippen molar-refractivity contribution < 1.29 is 0 Å². The van der Waals surface area contributed by atoms with E-state index in [1.165, 1.54) is 14.4 Å². The Morgan fingerprint density at radius 3 is 2.12 bits per heavy atom. The highest BCUT2D eigenvalue weighted by Crippen LogP contribution is 2.06. The fourth-order valence-corrected chi connectivity index (χ4v) is 6.50. The Hall–Kier alpha value is 0.784. The van der Waals surface area contributed by atoms with E-state index in [0.29, 0.717) is 0 Å². The fourth-order valence-electron chi connectivity index (χ4n) is 0.433. The molecule has 3 heteroatoms. The molecule has 0 saturated carbocycles. The van der Waals surface area contributed by atoms with Crippen LogP contribution in [0, 0.1) is 0 Å². The molecule has 0 nitrogen and oxygen atoms in total. The first-order valence-corrected chi connectivity index (χ1v) is 9.90. The van der Waals surface area contributed by atoms with Gasteiger partial charge >= 0.3 is 0 Å². The predicted octanol–water partition coefficient (Wildman–Crippen LogP) is 1.85. The van der Waals surface area contributed by atoms with Crippen LogP contribution in [0.1, 0.15) is 0 Å². The summed E-state index contributed by atoms with van der Waals surface area (Å²) >= 11 is 2.00. The molecule has 0 aromatic heterocycles. The summed E-state index contributed by atoms with van der Waals surface area (Å²) in [6, 6.07) is 0. The minimum absolute atomic E-state index is 0.687. The molecule has 0 aliphatic rings. The maximum absolute atomic E-state index is 2.46. The molecule has 8 heavy (non-hydrogen) atoms. The molecular formula is C5H14SSi2. The second-order valence-electron chi connectivity index (χ2n) is 2.57. The molecule has 2 radical (unpaired) electrons. The van der Waals surface area contributed by atoms with Crippen LogP contribution in [0.2, 0.25) is 19.6 Å². The van der Waals surface area contributed by atoms with Gasteiger partial charge in [0.2, 0.25) is 0 Å². The normalized spacial score (nSPS) is 12.0. The van der Waals surface area contributed by atoms with E-state index in [-0.39, 0.29) is 0 Å². The molecule has 0 bridgehead atoms. The van der Waals surface area contributed by atoms with E-state index in [1.54, 1.807) is 0 Å². The van der Waals surface area contributed by atoms with Crippen molar-refractivity contribution in [2.24, 2.45) is 0 Å². The number of rotatable bonds is 3. The SMILES string of the molecule is C[Si][Si](C)(C)CSC. The molecule has 0 amide bonds. The Balaban J connectivity index is 3.37. The molecule has 0 saturated heterocycles. The molecule has 0 heterocycles. The maximum atomic E-state index is 2.46. The van der Waals surface area contributed by atoms with Gasteiger partial charge in [-0.05, 0) is 11.6 Å². The first-order valence-electron chi connectivity index (χ1n) is 2.80. The first-order chi connectivity index (χ1) is 3.62. The quantitative estimate of drug-likeness (QED) is 0.571. The number of hydrogen-bond acceptors (Lipinski definition) is 1. The lowest BCUT2D eigenvalue weighted by Crippen LogP contribution is -2.36. The summed E-state index contributed by atoms with van der Waals surface area (Å²) < 4.78 is 0. The van der Waals surface area contributed by atoms with Gasteiger partial charge in [-0.3, -0.25) is 0 Å². The van der Waals surface area contributed by atoms with E-state index in [0.717, 1.165) is 0 Å². The monoisotopic (exact) mass is 162 g/mol. The lowest BCUT2D eigenvalue weighted by Gasteiger charge is -2.16. The highest BCUT2D eigenvalue weighted by atomic mass is 32.2. The van der Waals surface area contributed by atoms with E-state index >= 15 is 0 Å². The molecule has 0 aromatic rings. The molecule has 0 rings (SSSR count). The molecule has 0 fully saturated rings. The summed E-state index contributed by atoms with van der Waals surface area (Å²) in [6.45, 7) is 7.26. The molecule has 48 valence electrons. The lowest BCUT2D eigenvalue weighted by molar-refractivity contribution is 1.80. The first kappa shape index (κ1) is 8.78. The van der Waals surface area contributed by atoms with Gasteiger partial charge < -0.3 is 0 Å². The third-order valence-corrected chi connectivity index (χ3v) is 11.9. The Kier molecular flexibility index (Phi) is 4.11. The van der Waals surface area contributed by atoms with E-state index in [1.807, 2.05) is 11.8 Å². The standard InChI is InChI=1S/C5H14SSi2/c1-6-5-8(3,4)7-2/h5H2,1-4H3. The van der Waals surface area contributed by atoms with Crippen molar-refractivity contribution in [2.45, 2.75) is 19.6 Å². The van der Waals surface area contributed by atoms with E-state index in [2.05, 4.69) is 25.9 Å². The van der Waals surface area contributed by atoms with Crippen molar-refractivity contribution in [3.63, 3.8) is 0 Å². The number of thioether (sulfide) groups is 1. The number of hydrogen-bond donors (Lipinski definition) is 0. The van der Waals surface area contributed by atoms with Crippen LogP contribution < -0.4 is 0 Å². The van der Waals surface area contributed by atoms with Crippen molar-refractivity contribution >= 4 is 28.4 Å². The molecule has 0 aromatic carbocycles. The highest BCUT2D eigenvalue weighted by Gasteiger charge is 2.16. The van der Waals surface area contributed by atoms with Gasteiger partial charge in [0.25, 0.3) is 0 Å². The van der Waals surface area contributed by atoms with Gasteiger partial charge in [-0.1, -0.05) is 19.6 Å². The predicted molar refractivity (Wildman–Crippen MR) is 47.5 cm³/mol. The van der Waals surface area contributed by atoms with Crippen LogP contribution in [0.3, 0.4) is 0 Å². The zero-order chi connectivity index (χ0) is 6.62. The van der Waals surface area contributed by atoms with Gasteiger partial charge in [0, 0.05) is 16.6 Å². The zero-order valence-corrected chi connectivity index (χ0v) is 8.93.